The second-order valence-corrected chi connectivity index (χ2v) is 7.52. The summed E-state index contributed by atoms with van der Waals surface area (Å²) in [6, 6.07) is 6.53. The van der Waals surface area contributed by atoms with Gasteiger partial charge >= 0.3 is 6.18 Å². The second-order valence-electron chi connectivity index (χ2n) is 7.52. The number of rotatable bonds is 2. The Morgan fingerprint density at radius 1 is 1.28 bits per heavy atom. The Hall–Kier alpha value is -3.55. The van der Waals surface area contributed by atoms with Crippen LogP contribution in [-0.2, 0) is 17.6 Å². The lowest BCUT2D eigenvalue weighted by Crippen LogP contribution is -2.55. The van der Waals surface area contributed by atoms with Gasteiger partial charge in [-0.3, -0.25) is 9.80 Å². The second kappa shape index (κ2) is 8.18. The Kier molecular flexibility index (Phi) is 5.54. The number of piperazine rings is 1. The lowest BCUT2D eigenvalue weighted by Gasteiger charge is -2.39. The summed E-state index contributed by atoms with van der Waals surface area (Å²) >= 11 is 0. The van der Waals surface area contributed by atoms with E-state index in [0.29, 0.717) is 29.2 Å². The molecule has 1 amide bonds. The molecule has 166 valence electrons. The Labute approximate surface area is 182 Å². The van der Waals surface area contributed by atoms with E-state index in [1.54, 1.807) is 17.1 Å². The van der Waals surface area contributed by atoms with Crippen LogP contribution in [-0.4, -0.2) is 40.1 Å². The van der Waals surface area contributed by atoms with Crippen molar-refractivity contribution in [3.05, 3.63) is 64.5 Å². The number of nitrogens with two attached hydrogens (primary N) is 1. The van der Waals surface area contributed by atoms with Crippen molar-refractivity contribution in [1.29, 1.82) is 0 Å². The van der Waals surface area contributed by atoms with Crippen LogP contribution in [0.1, 0.15) is 23.6 Å². The van der Waals surface area contributed by atoms with Gasteiger partial charge in [0, 0.05) is 29.6 Å². The molecule has 4 rings (SSSR count). The van der Waals surface area contributed by atoms with E-state index in [4.69, 9.17) is 5.73 Å². The number of benzene rings is 1. The lowest BCUT2D eigenvalue weighted by atomic mass is 10.0. The van der Waals surface area contributed by atoms with Gasteiger partial charge in [0.05, 0.1) is 24.8 Å². The average molecular weight is 443 g/mol. The molecule has 32 heavy (non-hydrogen) atoms. The van der Waals surface area contributed by atoms with Crippen LogP contribution in [0.4, 0.5) is 24.7 Å². The SMILES string of the molecule is C[C@H]1CN(c2ccc(C(F)(F)F)c(CO)c2)C(=O)C2=C(C#Cc3ccc(N)nc3)CNN21. The maximum absolute atomic E-state index is 13.3. The first-order valence-corrected chi connectivity index (χ1v) is 9.81. The fourth-order valence-corrected chi connectivity index (χ4v) is 3.75. The first-order valence-electron chi connectivity index (χ1n) is 9.81. The molecule has 0 radical (unpaired) electrons. The number of alkyl halides is 3. The quantitative estimate of drug-likeness (QED) is 0.615. The average Bonchev–Trinajstić information content (AvgIpc) is 3.20. The Bertz CT molecular complexity index is 1150. The Balaban J connectivity index is 1.70. The molecule has 0 spiro atoms. The van der Waals surface area contributed by atoms with Crippen molar-refractivity contribution in [2.45, 2.75) is 25.7 Å². The summed E-state index contributed by atoms with van der Waals surface area (Å²) in [5.41, 5.74) is 9.35. The number of hydrogen-bond donors (Lipinski definition) is 3. The van der Waals surface area contributed by atoms with Crippen LogP contribution in [0.3, 0.4) is 0 Å². The Morgan fingerprint density at radius 3 is 2.72 bits per heavy atom. The third kappa shape index (κ3) is 4.00. The number of amides is 1. The lowest BCUT2D eigenvalue weighted by molar-refractivity contribution is -0.138. The van der Waals surface area contributed by atoms with Gasteiger partial charge in [0.15, 0.2) is 0 Å². The maximum atomic E-state index is 13.3. The summed E-state index contributed by atoms with van der Waals surface area (Å²) in [6.45, 7) is 1.71. The number of aliphatic hydroxyl groups is 1. The van der Waals surface area contributed by atoms with E-state index >= 15 is 0 Å². The van der Waals surface area contributed by atoms with Gasteiger partial charge in [-0.15, -0.1) is 0 Å². The van der Waals surface area contributed by atoms with Crippen LogP contribution in [0, 0.1) is 11.8 Å². The monoisotopic (exact) mass is 443 g/mol. The van der Waals surface area contributed by atoms with Crippen LogP contribution < -0.4 is 16.1 Å². The number of aromatic nitrogens is 1. The number of anilines is 2. The predicted molar refractivity (Wildman–Crippen MR) is 112 cm³/mol. The number of halogens is 3. The summed E-state index contributed by atoms with van der Waals surface area (Å²) in [6.07, 6.45) is -3.06. The largest absolute Gasteiger partial charge is 0.416 e. The van der Waals surface area contributed by atoms with Crippen molar-refractivity contribution in [3.8, 4) is 11.8 Å². The number of nitrogens with one attached hydrogen (secondary N) is 1. The summed E-state index contributed by atoms with van der Waals surface area (Å²) in [7, 11) is 0. The topological polar surface area (TPSA) is 94.7 Å². The zero-order valence-electron chi connectivity index (χ0n) is 17.1. The smallest absolute Gasteiger partial charge is 0.392 e. The van der Waals surface area contributed by atoms with Crippen molar-refractivity contribution in [2.75, 3.05) is 23.7 Å². The first kappa shape index (κ1) is 21.7. The van der Waals surface area contributed by atoms with Gasteiger partial charge in [-0.05, 0) is 42.8 Å². The molecule has 4 N–H and O–H groups in total. The highest BCUT2D eigenvalue weighted by molar-refractivity contribution is 6.07. The molecule has 1 saturated heterocycles. The highest BCUT2D eigenvalue weighted by Gasteiger charge is 2.40. The van der Waals surface area contributed by atoms with E-state index < -0.39 is 18.3 Å². The molecule has 1 aromatic carbocycles. The van der Waals surface area contributed by atoms with Gasteiger partial charge in [-0.1, -0.05) is 11.8 Å². The number of carbonyl (C=O) groups is 1. The fraction of sp³-hybridized carbons (Fsp3) is 0.273. The minimum Gasteiger partial charge on any atom is -0.392 e. The first-order chi connectivity index (χ1) is 15.2. The van der Waals surface area contributed by atoms with E-state index in [2.05, 4.69) is 22.3 Å². The standard InChI is InChI=1S/C22H20F3N5O2/c1-13-11-29(17-5-6-18(22(23,24)25)16(8-17)12-31)21(32)20-15(10-28-30(13)20)4-2-14-3-7-19(26)27-9-14/h3,5-9,13,28,31H,10-12H2,1H3,(H2,26,27)/t13-/m0/s1. The third-order valence-electron chi connectivity index (χ3n) is 5.31. The van der Waals surface area contributed by atoms with E-state index in [1.807, 2.05) is 6.92 Å². The molecule has 2 aliphatic heterocycles. The number of fused-ring (bicyclic) bond motifs is 1. The minimum absolute atomic E-state index is 0.153. The van der Waals surface area contributed by atoms with Crippen molar-refractivity contribution in [2.24, 2.45) is 0 Å². The number of hydrogen-bond acceptors (Lipinski definition) is 6. The molecule has 2 aromatic rings. The van der Waals surface area contributed by atoms with Crippen molar-refractivity contribution >= 4 is 17.4 Å². The molecule has 3 heterocycles. The van der Waals surface area contributed by atoms with E-state index in [0.717, 1.165) is 6.07 Å². The van der Waals surface area contributed by atoms with Gasteiger partial charge in [0.2, 0.25) is 0 Å². The molecule has 7 nitrogen and oxygen atoms in total. The van der Waals surface area contributed by atoms with Gasteiger partial charge in [0.25, 0.3) is 5.91 Å². The molecule has 1 atom stereocenters. The van der Waals surface area contributed by atoms with Crippen LogP contribution in [0.15, 0.2) is 47.8 Å². The number of nitrogen functional groups attached to an aromatic ring is 1. The number of hydrazine groups is 1. The molecule has 0 aliphatic carbocycles. The molecule has 2 aliphatic rings. The van der Waals surface area contributed by atoms with E-state index in [9.17, 15) is 23.1 Å². The Morgan fingerprint density at radius 2 is 2.06 bits per heavy atom. The number of carbonyl (C=O) groups excluding carboxylic acids is 1. The van der Waals surface area contributed by atoms with Crippen LogP contribution in [0.25, 0.3) is 0 Å². The highest BCUT2D eigenvalue weighted by Crippen LogP contribution is 2.36. The van der Waals surface area contributed by atoms with Crippen LogP contribution in [0.5, 0.6) is 0 Å². The maximum Gasteiger partial charge on any atom is 0.416 e. The zero-order chi connectivity index (χ0) is 23.0. The molecule has 1 fully saturated rings. The third-order valence-corrected chi connectivity index (χ3v) is 5.31. The van der Waals surface area contributed by atoms with Crippen molar-refractivity contribution in [1.82, 2.24) is 15.4 Å². The van der Waals surface area contributed by atoms with E-state index in [-0.39, 0.29) is 29.7 Å². The highest BCUT2D eigenvalue weighted by atomic mass is 19.4. The predicted octanol–water partition coefficient (Wildman–Crippen LogP) is 2.04. The minimum atomic E-state index is -4.59. The van der Waals surface area contributed by atoms with Gasteiger partial charge < -0.3 is 15.7 Å². The summed E-state index contributed by atoms with van der Waals surface area (Å²) < 4.78 is 39.5. The molecule has 0 unspecified atom stereocenters. The molecule has 0 saturated carbocycles. The number of nitrogens with zero attached hydrogens (tertiary/aromatic N) is 3. The zero-order valence-corrected chi connectivity index (χ0v) is 17.1. The number of pyridine rings is 1. The normalized spacial score (nSPS) is 18.5. The van der Waals surface area contributed by atoms with E-state index in [1.165, 1.54) is 23.2 Å². The molecule has 1 aromatic heterocycles. The van der Waals surface area contributed by atoms with Crippen molar-refractivity contribution < 1.29 is 23.1 Å². The van der Waals surface area contributed by atoms with Gasteiger partial charge in [-0.2, -0.15) is 13.2 Å². The van der Waals surface area contributed by atoms with Gasteiger partial charge in [-0.25, -0.2) is 10.4 Å². The molecular weight excluding hydrogens is 423 g/mol. The fourth-order valence-electron chi connectivity index (χ4n) is 3.75. The van der Waals surface area contributed by atoms with Gasteiger partial charge in [0.1, 0.15) is 11.5 Å². The molecular formula is C22H20F3N5O2. The van der Waals surface area contributed by atoms with Crippen LogP contribution in [0.2, 0.25) is 0 Å². The van der Waals surface area contributed by atoms with Crippen LogP contribution >= 0.6 is 0 Å². The molecule has 10 heteroatoms. The summed E-state index contributed by atoms with van der Waals surface area (Å²) in [5.74, 6) is 5.95. The summed E-state index contributed by atoms with van der Waals surface area (Å²) in [4.78, 5) is 18.7. The summed E-state index contributed by atoms with van der Waals surface area (Å²) in [5, 5.41) is 11.2. The van der Waals surface area contributed by atoms with Crippen molar-refractivity contribution in [3.63, 3.8) is 0 Å². The molecule has 0 bridgehead atoms. The number of aliphatic hydroxyl groups excluding tert-OH is 1.